The smallest absolute Gasteiger partial charge is 0.219 e. The van der Waals surface area contributed by atoms with Gasteiger partial charge in [0.15, 0.2) is 5.96 Å². The molecule has 136 valence electrons. The van der Waals surface area contributed by atoms with E-state index >= 15 is 0 Å². The van der Waals surface area contributed by atoms with Crippen LogP contribution in [0, 0.1) is 5.41 Å². The normalized spacial score (nSPS) is 24.8. The highest BCUT2D eigenvalue weighted by atomic mass is 16.2. The highest BCUT2D eigenvalue weighted by molar-refractivity contribution is 5.80. The number of carbonyl (C=O) groups excluding carboxylic acids is 1. The molecule has 0 radical (unpaired) electrons. The number of hydrogen-bond acceptors (Lipinski definition) is 3. The number of likely N-dealkylation sites (tertiary alicyclic amines) is 1. The summed E-state index contributed by atoms with van der Waals surface area (Å²) in [6.45, 7) is 9.62. The van der Waals surface area contributed by atoms with E-state index in [-0.39, 0.29) is 5.91 Å². The Bertz CT molecular complexity index is 464. The average molecular weight is 335 g/mol. The second-order valence-corrected chi connectivity index (χ2v) is 7.70. The maximum absolute atomic E-state index is 11.4. The summed E-state index contributed by atoms with van der Waals surface area (Å²) in [5.74, 6) is 1.27. The van der Waals surface area contributed by atoms with Crippen molar-refractivity contribution < 1.29 is 4.79 Å². The number of guanidine groups is 1. The van der Waals surface area contributed by atoms with Crippen LogP contribution in [0.2, 0.25) is 0 Å². The third-order valence-corrected chi connectivity index (χ3v) is 6.14. The van der Waals surface area contributed by atoms with Crippen molar-refractivity contribution in [3.05, 3.63) is 0 Å². The molecule has 0 aromatic rings. The minimum absolute atomic E-state index is 0.197. The monoisotopic (exact) mass is 335 g/mol. The molecular formula is C18H33N5O. The molecule has 0 atom stereocenters. The molecule has 3 aliphatic rings. The molecule has 0 bridgehead atoms. The van der Waals surface area contributed by atoms with Crippen molar-refractivity contribution in [2.24, 2.45) is 10.4 Å². The van der Waals surface area contributed by atoms with Crippen molar-refractivity contribution in [3.63, 3.8) is 0 Å². The van der Waals surface area contributed by atoms with E-state index in [1.54, 1.807) is 6.92 Å². The van der Waals surface area contributed by atoms with Gasteiger partial charge in [0.2, 0.25) is 5.91 Å². The number of aliphatic imine (C=N–C) groups is 1. The largest absolute Gasteiger partial charge is 0.355 e. The van der Waals surface area contributed by atoms with Gasteiger partial charge in [-0.1, -0.05) is 12.8 Å². The third-order valence-electron chi connectivity index (χ3n) is 6.14. The zero-order valence-electron chi connectivity index (χ0n) is 15.4. The number of piperazine rings is 1. The summed E-state index contributed by atoms with van der Waals surface area (Å²) in [5, 5.41) is 3.55. The minimum Gasteiger partial charge on any atom is -0.355 e. The summed E-state index contributed by atoms with van der Waals surface area (Å²) in [7, 11) is 1.90. The van der Waals surface area contributed by atoms with Crippen LogP contribution in [0.1, 0.15) is 39.0 Å². The summed E-state index contributed by atoms with van der Waals surface area (Å²) in [4.78, 5) is 22.7. The van der Waals surface area contributed by atoms with Gasteiger partial charge < -0.3 is 15.1 Å². The van der Waals surface area contributed by atoms with Gasteiger partial charge in [0, 0.05) is 66.3 Å². The van der Waals surface area contributed by atoms with Gasteiger partial charge in [-0.25, -0.2) is 0 Å². The van der Waals surface area contributed by atoms with Crippen LogP contribution in [0.4, 0.5) is 0 Å². The zero-order chi connectivity index (χ0) is 17.0. The van der Waals surface area contributed by atoms with E-state index in [0.717, 1.165) is 51.8 Å². The van der Waals surface area contributed by atoms with Gasteiger partial charge in [-0.3, -0.25) is 14.7 Å². The molecule has 2 saturated heterocycles. The van der Waals surface area contributed by atoms with Crippen LogP contribution in [0.3, 0.4) is 0 Å². The molecule has 0 aromatic heterocycles. The first-order valence-electron chi connectivity index (χ1n) is 9.55. The summed E-state index contributed by atoms with van der Waals surface area (Å²) in [6.07, 6.45) is 6.96. The Hall–Kier alpha value is -1.30. The fourth-order valence-corrected chi connectivity index (χ4v) is 4.59. The molecule has 2 heterocycles. The van der Waals surface area contributed by atoms with E-state index in [2.05, 4.69) is 20.1 Å². The Balaban J connectivity index is 1.39. The summed E-state index contributed by atoms with van der Waals surface area (Å²) in [6, 6.07) is 0. The van der Waals surface area contributed by atoms with Crippen molar-refractivity contribution in [2.75, 3.05) is 59.4 Å². The molecular weight excluding hydrogens is 302 g/mol. The van der Waals surface area contributed by atoms with Crippen molar-refractivity contribution in [2.45, 2.75) is 39.0 Å². The Kier molecular flexibility index (Phi) is 5.64. The van der Waals surface area contributed by atoms with Gasteiger partial charge in [-0.05, 0) is 24.7 Å². The predicted octanol–water partition coefficient (Wildman–Crippen LogP) is 0.992. The van der Waals surface area contributed by atoms with Gasteiger partial charge >= 0.3 is 0 Å². The Morgan fingerprint density at radius 2 is 1.75 bits per heavy atom. The van der Waals surface area contributed by atoms with E-state index < -0.39 is 0 Å². The lowest BCUT2D eigenvalue weighted by Crippen LogP contribution is -2.50. The highest BCUT2D eigenvalue weighted by Crippen LogP contribution is 2.45. The fraction of sp³-hybridized carbons (Fsp3) is 0.889. The second kappa shape index (κ2) is 7.72. The van der Waals surface area contributed by atoms with Crippen LogP contribution in [0.15, 0.2) is 4.99 Å². The van der Waals surface area contributed by atoms with E-state index in [1.165, 1.54) is 38.6 Å². The topological polar surface area (TPSA) is 51.2 Å². The van der Waals surface area contributed by atoms with E-state index in [4.69, 9.17) is 0 Å². The van der Waals surface area contributed by atoms with Crippen molar-refractivity contribution >= 4 is 11.9 Å². The Labute approximate surface area is 146 Å². The van der Waals surface area contributed by atoms with Gasteiger partial charge in [0.1, 0.15) is 0 Å². The molecule has 1 spiro atoms. The Morgan fingerprint density at radius 3 is 2.38 bits per heavy atom. The van der Waals surface area contributed by atoms with Crippen LogP contribution in [-0.2, 0) is 4.79 Å². The summed E-state index contributed by atoms with van der Waals surface area (Å²) in [5.41, 5.74) is 0.584. The molecule has 0 unspecified atom stereocenters. The molecule has 6 heteroatoms. The average Bonchev–Trinajstić information content (AvgIpc) is 3.22. The molecule has 1 amide bonds. The van der Waals surface area contributed by atoms with Crippen LogP contribution in [0.25, 0.3) is 0 Å². The number of carbonyl (C=O) groups is 1. The molecule has 1 aliphatic carbocycles. The molecule has 2 aliphatic heterocycles. The van der Waals surface area contributed by atoms with Gasteiger partial charge in [0.05, 0.1) is 0 Å². The lowest BCUT2D eigenvalue weighted by Gasteiger charge is -2.34. The van der Waals surface area contributed by atoms with Crippen molar-refractivity contribution in [3.8, 4) is 0 Å². The van der Waals surface area contributed by atoms with E-state index in [9.17, 15) is 4.79 Å². The third kappa shape index (κ3) is 4.02. The first-order valence-corrected chi connectivity index (χ1v) is 9.55. The van der Waals surface area contributed by atoms with Gasteiger partial charge in [-0.2, -0.15) is 0 Å². The number of nitrogens with one attached hydrogen (secondary N) is 1. The lowest BCUT2D eigenvalue weighted by atomic mass is 9.86. The van der Waals surface area contributed by atoms with Crippen molar-refractivity contribution in [1.29, 1.82) is 0 Å². The fourth-order valence-electron chi connectivity index (χ4n) is 4.59. The highest BCUT2D eigenvalue weighted by Gasteiger charge is 2.41. The number of amides is 1. The number of nitrogens with zero attached hydrogens (tertiary/aromatic N) is 4. The summed E-state index contributed by atoms with van der Waals surface area (Å²) < 4.78 is 0. The van der Waals surface area contributed by atoms with Crippen LogP contribution >= 0.6 is 0 Å². The van der Waals surface area contributed by atoms with E-state index in [0.29, 0.717) is 5.41 Å². The standard InChI is InChI=1S/C18H33N5O/c1-16(24)22-13-11-21(12-14-22)10-8-20-17(19-2)23-9-7-18(15-23)5-3-4-6-18/h3-15H2,1-2H3,(H,19,20). The lowest BCUT2D eigenvalue weighted by molar-refractivity contribution is -0.130. The number of hydrogen-bond donors (Lipinski definition) is 1. The Morgan fingerprint density at radius 1 is 1.04 bits per heavy atom. The number of rotatable bonds is 3. The zero-order valence-corrected chi connectivity index (χ0v) is 15.4. The van der Waals surface area contributed by atoms with Crippen molar-refractivity contribution in [1.82, 2.24) is 20.0 Å². The molecule has 0 aromatic carbocycles. The predicted molar refractivity (Wildman–Crippen MR) is 97.1 cm³/mol. The molecule has 24 heavy (non-hydrogen) atoms. The van der Waals surface area contributed by atoms with Crippen LogP contribution in [0.5, 0.6) is 0 Å². The maximum Gasteiger partial charge on any atom is 0.219 e. The molecule has 6 nitrogen and oxygen atoms in total. The second-order valence-electron chi connectivity index (χ2n) is 7.70. The first-order chi connectivity index (χ1) is 11.6. The SMILES string of the molecule is CN=C(NCCN1CCN(C(C)=O)CC1)N1CCC2(CCCC2)C1. The summed E-state index contributed by atoms with van der Waals surface area (Å²) >= 11 is 0. The van der Waals surface area contributed by atoms with Gasteiger partial charge in [0.25, 0.3) is 0 Å². The van der Waals surface area contributed by atoms with Crippen LogP contribution < -0.4 is 5.32 Å². The van der Waals surface area contributed by atoms with Crippen LogP contribution in [-0.4, -0.2) is 86.0 Å². The molecule has 1 N–H and O–H groups in total. The molecule has 1 saturated carbocycles. The molecule has 3 fully saturated rings. The molecule has 3 rings (SSSR count). The first kappa shape index (κ1) is 17.5. The quantitative estimate of drug-likeness (QED) is 0.617. The maximum atomic E-state index is 11.4. The van der Waals surface area contributed by atoms with Gasteiger partial charge in [-0.15, -0.1) is 0 Å². The van der Waals surface area contributed by atoms with E-state index in [1.807, 2.05) is 11.9 Å². The minimum atomic E-state index is 0.197.